The normalized spacial score (nSPS) is 11.9. The SMILES string of the molecule is c1ccc2nc(-c3nc(-c4nc5ccccc5[nH]4)c(-c4nc5ccccc5o4)c4c(-c5nc6ccccc6s5)c(-c5cnc6ccccc6n5)c(-c5cc6ccccc6[nH]5)cc34)ccc2c1. The van der Waals surface area contributed by atoms with Crippen molar-refractivity contribution in [1.82, 2.24) is 44.9 Å². The van der Waals surface area contributed by atoms with E-state index < -0.39 is 0 Å². The molecule has 2 N–H and O–H groups in total. The van der Waals surface area contributed by atoms with Crippen LogP contribution in [0.15, 0.2) is 180 Å². The van der Waals surface area contributed by atoms with E-state index in [1.54, 1.807) is 11.3 Å². The summed E-state index contributed by atoms with van der Waals surface area (Å²) < 4.78 is 7.89. The second-order valence-corrected chi connectivity index (χ2v) is 17.3. The summed E-state index contributed by atoms with van der Waals surface area (Å²) >= 11 is 1.62. The number of thiazole rings is 1. The number of hydrogen-bond donors (Lipinski definition) is 2. The summed E-state index contributed by atoms with van der Waals surface area (Å²) in [4.78, 5) is 44.7. The maximum absolute atomic E-state index is 6.85. The van der Waals surface area contributed by atoms with Gasteiger partial charge in [0.2, 0.25) is 5.89 Å². The monoisotopic (exact) mass is 865 g/mol. The third-order valence-corrected chi connectivity index (χ3v) is 13.3. The van der Waals surface area contributed by atoms with Gasteiger partial charge in [0.25, 0.3) is 0 Å². The number of pyridine rings is 2. The Morgan fingerprint density at radius 2 is 1.17 bits per heavy atom. The fourth-order valence-electron chi connectivity index (χ4n) is 9.26. The minimum absolute atomic E-state index is 0.387. The molecule has 0 atom stereocenters. The van der Waals surface area contributed by atoms with Gasteiger partial charge in [-0.15, -0.1) is 11.3 Å². The summed E-state index contributed by atoms with van der Waals surface area (Å²) in [5.74, 6) is 0.942. The van der Waals surface area contributed by atoms with Gasteiger partial charge in [0.15, 0.2) is 11.4 Å². The number of aromatic nitrogens is 9. The molecule has 0 aliphatic rings. The molecular weight excluding hydrogens is 835 g/mol. The Bertz CT molecular complexity index is 4150. The zero-order chi connectivity index (χ0) is 43.3. The number of rotatable bonds is 6. The number of H-pyrrole nitrogens is 2. The topological polar surface area (TPSA) is 135 Å². The van der Waals surface area contributed by atoms with Gasteiger partial charge in [-0.3, -0.25) is 4.98 Å². The second kappa shape index (κ2) is 14.3. The number of oxazole rings is 1. The highest BCUT2D eigenvalue weighted by molar-refractivity contribution is 7.21. The summed E-state index contributed by atoms with van der Waals surface area (Å²) in [6.07, 6.45) is 1.87. The van der Waals surface area contributed by atoms with Crippen molar-refractivity contribution in [2.45, 2.75) is 0 Å². The quantitative estimate of drug-likeness (QED) is 0.169. The Labute approximate surface area is 378 Å². The van der Waals surface area contributed by atoms with Gasteiger partial charge in [-0.05, 0) is 78.9 Å². The molecule has 7 heterocycles. The van der Waals surface area contributed by atoms with Crippen LogP contribution in [-0.2, 0) is 0 Å². The summed E-state index contributed by atoms with van der Waals surface area (Å²) in [6, 6.07) is 57.1. The smallest absolute Gasteiger partial charge is 0.230 e. The molecule has 0 aliphatic carbocycles. The number of nitrogens with one attached hydrogen (secondary N) is 2. The number of nitrogens with zero attached hydrogens (tertiary/aromatic N) is 7. The standard InChI is InChI=1S/C55H31N9OS/c1-3-15-34-30(13-1)25-26-42(57-34)51-33-28-32(43-27-31-14-2-4-16-35(31)58-43)47(44-29-56-36-17-5-6-18-37(36)59-44)49(55-63-41-22-10-12-24-46(41)66-55)48(33)50(54-62-40-21-9-11-23-45(40)65-54)52(64-51)53-60-38-19-7-8-20-39(38)61-53/h1-29,58H,(H,60,61). The van der Waals surface area contributed by atoms with Crippen LogP contribution in [0.1, 0.15) is 0 Å². The molecule has 0 saturated carbocycles. The minimum Gasteiger partial charge on any atom is -0.436 e. The molecule has 0 radical (unpaired) electrons. The van der Waals surface area contributed by atoms with Crippen LogP contribution < -0.4 is 0 Å². The fourth-order valence-corrected chi connectivity index (χ4v) is 10.3. The highest BCUT2D eigenvalue weighted by atomic mass is 32.1. The van der Waals surface area contributed by atoms with Crippen molar-refractivity contribution in [2.24, 2.45) is 0 Å². The van der Waals surface area contributed by atoms with Crippen LogP contribution in [0.25, 0.3) is 143 Å². The predicted molar refractivity (Wildman–Crippen MR) is 265 cm³/mol. The first-order valence-corrected chi connectivity index (χ1v) is 22.4. The first-order chi connectivity index (χ1) is 32.7. The van der Waals surface area contributed by atoms with Crippen molar-refractivity contribution in [2.75, 3.05) is 0 Å². The van der Waals surface area contributed by atoms with Gasteiger partial charge in [-0.1, -0.05) is 91.0 Å². The molecule has 0 fully saturated rings. The van der Waals surface area contributed by atoms with Crippen molar-refractivity contribution < 1.29 is 4.42 Å². The Hall–Kier alpha value is -8.93. The van der Waals surface area contributed by atoms with Crippen LogP contribution in [-0.4, -0.2) is 44.9 Å². The molecule has 308 valence electrons. The van der Waals surface area contributed by atoms with Gasteiger partial charge in [0.1, 0.15) is 16.2 Å². The van der Waals surface area contributed by atoms with Crippen molar-refractivity contribution in [3.63, 3.8) is 0 Å². The third kappa shape index (κ3) is 5.77. The average Bonchev–Trinajstić information content (AvgIpc) is 4.19. The lowest BCUT2D eigenvalue weighted by Crippen LogP contribution is -2.03. The summed E-state index contributed by atoms with van der Waals surface area (Å²) in [5.41, 5.74) is 14.0. The lowest BCUT2D eigenvalue weighted by Gasteiger charge is -2.21. The summed E-state index contributed by atoms with van der Waals surface area (Å²) in [5, 5.41) is 4.50. The Kier molecular flexibility index (Phi) is 7.91. The zero-order valence-corrected chi connectivity index (χ0v) is 35.5. The Morgan fingerprint density at radius 3 is 2.00 bits per heavy atom. The third-order valence-electron chi connectivity index (χ3n) is 12.3. The fraction of sp³-hybridized carbons (Fsp3) is 0. The van der Waals surface area contributed by atoms with Gasteiger partial charge in [0, 0.05) is 49.4 Å². The van der Waals surface area contributed by atoms with Crippen molar-refractivity contribution >= 4 is 87.3 Å². The van der Waals surface area contributed by atoms with Crippen LogP contribution in [0.5, 0.6) is 0 Å². The van der Waals surface area contributed by atoms with Crippen LogP contribution >= 0.6 is 11.3 Å². The van der Waals surface area contributed by atoms with E-state index in [4.69, 9.17) is 39.3 Å². The molecule has 10 nitrogen and oxygen atoms in total. The largest absolute Gasteiger partial charge is 0.436 e. The van der Waals surface area contributed by atoms with Crippen molar-refractivity contribution in [1.29, 1.82) is 0 Å². The van der Waals surface area contributed by atoms with Crippen LogP contribution in [0, 0.1) is 0 Å². The number of fused-ring (bicyclic) bond motifs is 7. The second-order valence-electron chi connectivity index (χ2n) is 16.3. The van der Waals surface area contributed by atoms with Crippen molar-refractivity contribution in [3.05, 3.63) is 176 Å². The van der Waals surface area contributed by atoms with Crippen molar-refractivity contribution in [3.8, 4) is 67.4 Å². The van der Waals surface area contributed by atoms with E-state index in [0.717, 1.165) is 92.3 Å². The molecule has 66 heavy (non-hydrogen) atoms. The lowest BCUT2D eigenvalue weighted by molar-refractivity contribution is 0.620. The maximum Gasteiger partial charge on any atom is 0.230 e. The molecule has 7 aromatic heterocycles. The molecule has 0 saturated heterocycles. The van der Waals surface area contributed by atoms with Gasteiger partial charge in [-0.25, -0.2) is 29.9 Å². The van der Waals surface area contributed by atoms with Gasteiger partial charge >= 0.3 is 0 Å². The van der Waals surface area contributed by atoms with Crippen LogP contribution in [0.2, 0.25) is 0 Å². The van der Waals surface area contributed by atoms with E-state index in [1.807, 2.05) is 115 Å². The highest BCUT2D eigenvalue weighted by Gasteiger charge is 2.32. The van der Waals surface area contributed by atoms with Gasteiger partial charge in [0.05, 0.1) is 66.6 Å². The zero-order valence-electron chi connectivity index (χ0n) is 34.7. The van der Waals surface area contributed by atoms with Crippen LogP contribution in [0.4, 0.5) is 0 Å². The summed E-state index contributed by atoms with van der Waals surface area (Å²) in [7, 11) is 0. The molecule has 14 rings (SSSR count). The molecule has 0 spiro atoms. The van der Waals surface area contributed by atoms with Gasteiger partial charge < -0.3 is 14.4 Å². The Balaban J connectivity index is 1.24. The Morgan fingerprint density at radius 1 is 0.455 bits per heavy atom. The highest BCUT2D eigenvalue weighted by Crippen LogP contribution is 2.52. The molecule has 0 amide bonds. The van der Waals surface area contributed by atoms with Gasteiger partial charge in [-0.2, -0.15) is 0 Å². The van der Waals surface area contributed by atoms with E-state index in [2.05, 4.69) is 70.6 Å². The lowest BCUT2D eigenvalue weighted by atomic mass is 9.87. The first-order valence-electron chi connectivity index (χ1n) is 21.5. The number of benzene rings is 7. The minimum atomic E-state index is 0.387. The molecule has 0 unspecified atom stereocenters. The summed E-state index contributed by atoms with van der Waals surface area (Å²) in [6.45, 7) is 0. The maximum atomic E-state index is 6.85. The molecule has 0 aliphatic heterocycles. The number of aromatic amines is 2. The van der Waals surface area contributed by atoms with E-state index in [0.29, 0.717) is 51.2 Å². The molecular formula is C55H31N9OS. The number of para-hydroxylation sites is 9. The van der Waals surface area contributed by atoms with E-state index in [1.165, 1.54) is 0 Å². The molecule has 0 bridgehead atoms. The van der Waals surface area contributed by atoms with Crippen LogP contribution in [0.3, 0.4) is 0 Å². The number of imidazole rings is 1. The molecule has 14 aromatic rings. The molecule has 7 aromatic carbocycles. The van der Waals surface area contributed by atoms with E-state index >= 15 is 0 Å². The molecule has 11 heteroatoms. The number of hydrogen-bond acceptors (Lipinski definition) is 9. The van der Waals surface area contributed by atoms with E-state index in [-0.39, 0.29) is 0 Å². The predicted octanol–water partition coefficient (Wildman–Crippen LogP) is 13.8. The first kappa shape index (κ1) is 36.5. The van der Waals surface area contributed by atoms with E-state index in [9.17, 15) is 0 Å². The average molecular weight is 866 g/mol.